The standard InChI is InChI=1S/C17H29N3O4S/c1-3-5-6-7-8-9-10-11-12-13(16(22)24-4-2)25-15-14(21)18-17(23)20-19-15/h13H,3-12H2,1-2H3,(H2,18,20,21,23)/t13-/m1/s1. The summed E-state index contributed by atoms with van der Waals surface area (Å²) in [4.78, 5) is 37.0. The summed E-state index contributed by atoms with van der Waals surface area (Å²) in [5.74, 6) is -0.345. The van der Waals surface area contributed by atoms with E-state index in [1.54, 1.807) is 6.92 Å². The van der Waals surface area contributed by atoms with Gasteiger partial charge >= 0.3 is 11.7 Å². The quantitative estimate of drug-likeness (QED) is 0.314. The molecule has 0 radical (unpaired) electrons. The Bertz CT molecular complexity index is 614. The minimum atomic E-state index is -0.662. The monoisotopic (exact) mass is 371 g/mol. The van der Waals surface area contributed by atoms with Gasteiger partial charge in [0.2, 0.25) is 0 Å². The molecule has 0 aromatic carbocycles. The van der Waals surface area contributed by atoms with Gasteiger partial charge in [0.05, 0.1) is 6.61 Å². The first-order valence-electron chi connectivity index (χ1n) is 9.10. The fourth-order valence-corrected chi connectivity index (χ4v) is 3.45. The summed E-state index contributed by atoms with van der Waals surface area (Å²) < 4.78 is 5.09. The molecule has 0 unspecified atom stereocenters. The second-order valence-corrected chi connectivity index (χ2v) is 7.13. The van der Waals surface area contributed by atoms with Crippen molar-refractivity contribution in [3.63, 3.8) is 0 Å². The number of thioether (sulfide) groups is 1. The molecule has 2 N–H and O–H groups in total. The van der Waals surface area contributed by atoms with Gasteiger partial charge in [-0.05, 0) is 13.3 Å². The number of unbranched alkanes of at least 4 members (excludes halogenated alkanes) is 7. The van der Waals surface area contributed by atoms with Crippen molar-refractivity contribution in [3.05, 3.63) is 20.8 Å². The second kappa shape index (κ2) is 12.7. The van der Waals surface area contributed by atoms with Gasteiger partial charge in [-0.1, -0.05) is 70.1 Å². The van der Waals surface area contributed by atoms with Crippen molar-refractivity contribution in [2.45, 2.75) is 81.9 Å². The molecule has 8 heteroatoms. The number of aromatic amines is 2. The summed E-state index contributed by atoms with van der Waals surface area (Å²) in [5.41, 5.74) is -1.25. The zero-order valence-electron chi connectivity index (χ0n) is 15.1. The topological polar surface area (TPSA) is 105 Å². The van der Waals surface area contributed by atoms with Crippen LogP contribution >= 0.6 is 11.8 Å². The number of nitrogens with zero attached hydrogens (tertiary/aromatic N) is 1. The van der Waals surface area contributed by atoms with Crippen molar-refractivity contribution in [1.82, 2.24) is 15.2 Å². The molecule has 1 rings (SSSR count). The van der Waals surface area contributed by atoms with Gasteiger partial charge in [-0.2, -0.15) is 5.10 Å². The molecule has 0 aliphatic carbocycles. The molecule has 142 valence electrons. The van der Waals surface area contributed by atoms with Crippen molar-refractivity contribution >= 4 is 17.7 Å². The third-order valence-electron chi connectivity index (χ3n) is 3.80. The molecule has 7 nitrogen and oxygen atoms in total. The molecule has 0 aliphatic heterocycles. The zero-order chi connectivity index (χ0) is 18.5. The molecule has 0 fully saturated rings. The Kier molecular flexibility index (Phi) is 10.9. The highest BCUT2D eigenvalue weighted by atomic mass is 32.2. The Labute approximate surface area is 152 Å². The van der Waals surface area contributed by atoms with E-state index in [4.69, 9.17) is 4.74 Å². The van der Waals surface area contributed by atoms with Crippen molar-refractivity contribution < 1.29 is 9.53 Å². The Morgan fingerprint density at radius 3 is 2.32 bits per heavy atom. The first kappa shape index (κ1) is 21.5. The normalized spacial score (nSPS) is 12.1. The molecule has 1 aromatic rings. The number of nitrogens with one attached hydrogen (secondary N) is 2. The van der Waals surface area contributed by atoms with E-state index in [2.05, 4.69) is 22.1 Å². The van der Waals surface area contributed by atoms with Crippen LogP contribution in [0.5, 0.6) is 0 Å². The van der Waals surface area contributed by atoms with Crippen molar-refractivity contribution in [2.24, 2.45) is 0 Å². The number of carbonyl (C=O) groups excluding carboxylic acids is 1. The number of carbonyl (C=O) groups is 1. The number of rotatable bonds is 13. The van der Waals surface area contributed by atoms with Gasteiger partial charge < -0.3 is 4.74 Å². The van der Waals surface area contributed by atoms with Gasteiger partial charge in [0.1, 0.15) is 5.25 Å². The van der Waals surface area contributed by atoms with Crippen LogP contribution in [0.1, 0.15) is 71.6 Å². The van der Waals surface area contributed by atoms with E-state index in [1.165, 1.54) is 32.1 Å². The summed E-state index contributed by atoms with van der Waals surface area (Å²) in [5, 5.41) is 5.50. The van der Waals surface area contributed by atoms with Crippen LogP contribution in [0, 0.1) is 0 Å². The molecule has 1 heterocycles. The van der Waals surface area contributed by atoms with Crippen LogP contribution in [0.3, 0.4) is 0 Å². The summed E-state index contributed by atoms with van der Waals surface area (Å²) in [6.45, 7) is 4.25. The first-order valence-corrected chi connectivity index (χ1v) is 9.98. The molecule has 0 saturated carbocycles. The molecule has 0 aliphatic rings. The Hall–Kier alpha value is -1.57. The fraction of sp³-hybridized carbons (Fsp3) is 0.765. The lowest BCUT2D eigenvalue weighted by atomic mass is 10.1. The Morgan fingerprint density at radius 1 is 1.08 bits per heavy atom. The van der Waals surface area contributed by atoms with E-state index >= 15 is 0 Å². The summed E-state index contributed by atoms with van der Waals surface area (Å²) in [6.07, 6.45) is 10.0. The average molecular weight is 372 g/mol. The average Bonchev–Trinajstić information content (AvgIpc) is 2.58. The van der Waals surface area contributed by atoms with Gasteiger partial charge in [-0.15, -0.1) is 0 Å². The number of hydrogen-bond donors (Lipinski definition) is 2. The maximum Gasteiger partial charge on any atom is 0.342 e. The second-order valence-electron chi connectivity index (χ2n) is 5.93. The molecule has 0 amide bonds. The molecule has 25 heavy (non-hydrogen) atoms. The number of hydrogen-bond acceptors (Lipinski definition) is 6. The third-order valence-corrected chi connectivity index (χ3v) is 5.02. The van der Waals surface area contributed by atoms with Gasteiger partial charge in [-0.25, -0.2) is 9.89 Å². The molecular formula is C17H29N3O4S. The highest BCUT2D eigenvalue weighted by molar-refractivity contribution is 8.00. The van der Waals surface area contributed by atoms with Crippen LogP contribution in [0.15, 0.2) is 14.6 Å². The van der Waals surface area contributed by atoms with Crippen LogP contribution < -0.4 is 11.2 Å². The number of aromatic nitrogens is 3. The maximum absolute atomic E-state index is 12.1. The van der Waals surface area contributed by atoms with Crippen molar-refractivity contribution in [2.75, 3.05) is 6.61 Å². The zero-order valence-corrected chi connectivity index (χ0v) is 16.0. The minimum Gasteiger partial charge on any atom is -0.465 e. The largest absolute Gasteiger partial charge is 0.465 e. The highest BCUT2D eigenvalue weighted by Crippen LogP contribution is 2.24. The van der Waals surface area contributed by atoms with E-state index in [1.807, 2.05) is 0 Å². The Balaban J connectivity index is 2.47. The lowest BCUT2D eigenvalue weighted by Crippen LogP contribution is -2.28. The lowest BCUT2D eigenvalue weighted by molar-refractivity contribution is -0.142. The van der Waals surface area contributed by atoms with Gasteiger partial charge in [0.15, 0.2) is 5.03 Å². The summed E-state index contributed by atoms with van der Waals surface area (Å²) in [6, 6.07) is 0. The lowest BCUT2D eigenvalue weighted by Gasteiger charge is -2.14. The minimum absolute atomic E-state index is 0.0808. The molecule has 0 spiro atoms. The molecule has 1 aromatic heterocycles. The van der Waals surface area contributed by atoms with E-state index in [0.717, 1.165) is 31.0 Å². The van der Waals surface area contributed by atoms with Gasteiger partial charge in [0.25, 0.3) is 5.56 Å². The van der Waals surface area contributed by atoms with Crippen LogP contribution in [0.25, 0.3) is 0 Å². The Morgan fingerprint density at radius 2 is 1.72 bits per heavy atom. The van der Waals surface area contributed by atoms with Gasteiger partial charge in [-0.3, -0.25) is 14.6 Å². The SMILES string of the molecule is CCCCCCCCCC[C@@H](Sc1n[nH]c(=O)[nH]c1=O)C(=O)OCC. The van der Waals surface area contributed by atoms with E-state index in [9.17, 15) is 14.4 Å². The van der Waals surface area contributed by atoms with Crippen molar-refractivity contribution in [3.8, 4) is 0 Å². The number of ether oxygens (including phenoxy) is 1. The van der Waals surface area contributed by atoms with Crippen LogP contribution in [0.4, 0.5) is 0 Å². The van der Waals surface area contributed by atoms with Crippen LogP contribution in [-0.2, 0) is 9.53 Å². The molecule has 1 atom stereocenters. The van der Waals surface area contributed by atoms with Crippen LogP contribution in [-0.4, -0.2) is 33.0 Å². The summed E-state index contributed by atoms with van der Waals surface area (Å²) in [7, 11) is 0. The van der Waals surface area contributed by atoms with E-state index in [-0.39, 0.29) is 11.0 Å². The molecule has 0 bridgehead atoms. The highest BCUT2D eigenvalue weighted by Gasteiger charge is 2.23. The number of esters is 1. The third kappa shape index (κ3) is 8.90. The predicted molar refractivity (Wildman–Crippen MR) is 99.0 cm³/mol. The molecular weight excluding hydrogens is 342 g/mol. The molecule has 0 saturated heterocycles. The van der Waals surface area contributed by atoms with Crippen molar-refractivity contribution in [1.29, 1.82) is 0 Å². The number of H-pyrrole nitrogens is 2. The van der Waals surface area contributed by atoms with Gasteiger partial charge in [0, 0.05) is 0 Å². The van der Waals surface area contributed by atoms with E-state index < -0.39 is 16.5 Å². The smallest absolute Gasteiger partial charge is 0.342 e. The fourth-order valence-electron chi connectivity index (χ4n) is 2.48. The summed E-state index contributed by atoms with van der Waals surface area (Å²) >= 11 is 1.05. The van der Waals surface area contributed by atoms with Crippen LogP contribution in [0.2, 0.25) is 0 Å². The first-order chi connectivity index (χ1) is 12.1. The predicted octanol–water partition coefficient (Wildman–Crippen LogP) is 3.01. The maximum atomic E-state index is 12.1. The van der Waals surface area contributed by atoms with E-state index in [0.29, 0.717) is 13.0 Å².